The van der Waals surface area contributed by atoms with Crippen LogP contribution in [0.4, 0.5) is 13.2 Å². The number of nitrogens with two attached hydrogens (primary N) is 1. The first-order valence-corrected chi connectivity index (χ1v) is 6.12. The van der Waals surface area contributed by atoms with Crippen molar-refractivity contribution in [1.82, 2.24) is 4.90 Å². The van der Waals surface area contributed by atoms with E-state index in [1.807, 2.05) is 27.7 Å². The topological polar surface area (TPSA) is 29.3 Å². The van der Waals surface area contributed by atoms with Crippen LogP contribution in [0, 0.1) is 11.8 Å². The minimum atomic E-state index is -4.27. The summed E-state index contributed by atoms with van der Waals surface area (Å²) in [5, 5.41) is 0. The van der Waals surface area contributed by atoms with Crippen LogP contribution >= 0.6 is 0 Å². The molecular formula is C12H25F3N2. The maximum atomic E-state index is 13.0. The Morgan fingerprint density at radius 1 is 0.941 bits per heavy atom. The molecule has 0 saturated heterocycles. The molecule has 0 rings (SSSR count). The van der Waals surface area contributed by atoms with Crippen molar-refractivity contribution in [2.75, 3.05) is 13.1 Å². The van der Waals surface area contributed by atoms with Crippen molar-refractivity contribution in [2.24, 2.45) is 17.6 Å². The highest BCUT2D eigenvalue weighted by Crippen LogP contribution is 2.28. The second kappa shape index (κ2) is 6.59. The van der Waals surface area contributed by atoms with E-state index in [1.54, 1.807) is 0 Å². The van der Waals surface area contributed by atoms with E-state index in [0.29, 0.717) is 13.1 Å². The Kier molecular flexibility index (Phi) is 6.48. The molecule has 0 aromatic heterocycles. The molecule has 0 saturated carbocycles. The van der Waals surface area contributed by atoms with Gasteiger partial charge in [-0.3, -0.25) is 4.90 Å². The van der Waals surface area contributed by atoms with E-state index in [1.165, 1.54) is 11.8 Å². The molecule has 0 amide bonds. The molecule has 0 bridgehead atoms. The fraction of sp³-hybridized carbons (Fsp3) is 1.00. The van der Waals surface area contributed by atoms with Crippen LogP contribution in [0.1, 0.15) is 34.6 Å². The van der Waals surface area contributed by atoms with Crippen molar-refractivity contribution in [1.29, 1.82) is 0 Å². The number of halogens is 3. The number of nitrogens with zero attached hydrogens (tertiary/aromatic N) is 1. The molecule has 0 aliphatic heterocycles. The zero-order chi connectivity index (χ0) is 13.8. The third-order valence-electron chi connectivity index (χ3n) is 2.43. The van der Waals surface area contributed by atoms with Crippen LogP contribution in [0.25, 0.3) is 0 Å². The van der Waals surface area contributed by atoms with Gasteiger partial charge in [-0.15, -0.1) is 0 Å². The SMILES string of the molecule is CC(C)CN(CC(C)C)C(C(C)N)C(F)(F)F. The number of hydrogen-bond donors (Lipinski definition) is 1. The molecule has 0 aliphatic carbocycles. The largest absolute Gasteiger partial charge is 0.405 e. The van der Waals surface area contributed by atoms with Gasteiger partial charge in [-0.2, -0.15) is 13.2 Å². The van der Waals surface area contributed by atoms with Crippen molar-refractivity contribution in [3.05, 3.63) is 0 Å². The van der Waals surface area contributed by atoms with Crippen molar-refractivity contribution in [2.45, 2.75) is 52.9 Å². The van der Waals surface area contributed by atoms with Gasteiger partial charge in [0.05, 0.1) is 0 Å². The molecule has 2 N–H and O–H groups in total. The summed E-state index contributed by atoms with van der Waals surface area (Å²) in [6.45, 7) is 9.94. The molecule has 0 aliphatic rings. The molecule has 2 atom stereocenters. The van der Waals surface area contributed by atoms with E-state index in [9.17, 15) is 13.2 Å². The third kappa shape index (κ3) is 6.27. The molecule has 104 valence electrons. The summed E-state index contributed by atoms with van der Waals surface area (Å²) in [7, 11) is 0. The molecule has 17 heavy (non-hydrogen) atoms. The molecule has 0 aromatic rings. The summed E-state index contributed by atoms with van der Waals surface area (Å²) in [5.41, 5.74) is 5.51. The predicted molar refractivity (Wildman–Crippen MR) is 64.7 cm³/mol. The van der Waals surface area contributed by atoms with Crippen LogP contribution < -0.4 is 5.73 Å². The summed E-state index contributed by atoms with van der Waals surface area (Å²) in [4.78, 5) is 1.47. The maximum Gasteiger partial charge on any atom is 0.405 e. The van der Waals surface area contributed by atoms with Gasteiger partial charge in [-0.05, 0) is 18.8 Å². The first-order chi connectivity index (χ1) is 7.55. The van der Waals surface area contributed by atoms with Crippen molar-refractivity contribution in [3.8, 4) is 0 Å². The number of alkyl halides is 3. The summed E-state index contributed by atoms with van der Waals surface area (Å²) in [5.74, 6) is 0.384. The fourth-order valence-electron chi connectivity index (χ4n) is 2.08. The van der Waals surface area contributed by atoms with Crippen LogP contribution in [0.5, 0.6) is 0 Å². The first kappa shape index (κ1) is 16.7. The summed E-state index contributed by atoms with van der Waals surface area (Å²) in [6.07, 6.45) is -4.27. The van der Waals surface area contributed by atoms with Crippen LogP contribution in [-0.4, -0.2) is 36.2 Å². The first-order valence-electron chi connectivity index (χ1n) is 6.12. The highest BCUT2D eigenvalue weighted by Gasteiger charge is 2.45. The van der Waals surface area contributed by atoms with Gasteiger partial charge in [0.15, 0.2) is 0 Å². The minimum Gasteiger partial charge on any atom is -0.326 e. The van der Waals surface area contributed by atoms with Gasteiger partial charge in [-0.25, -0.2) is 0 Å². The molecule has 0 heterocycles. The van der Waals surface area contributed by atoms with Gasteiger partial charge >= 0.3 is 6.18 Å². The lowest BCUT2D eigenvalue weighted by Gasteiger charge is -2.37. The van der Waals surface area contributed by atoms with Crippen molar-refractivity contribution in [3.63, 3.8) is 0 Å². The van der Waals surface area contributed by atoms with Gasteiger partial charge in [0.2, 0.25) is 0 Å². The van der Waals surface area contributed by atoms with Gasteiger partial charge in [0, 0.05) is 19.1 Å². The molecule has 0 aromatic carbocycles. The zero-order valence-electron chi connectivity index (χ0n) is 11.4. The molecule has 2 unspecified atom stereocenters. The van der Waals surface area contributed by atoms with E-state index in [0.717, 1.165) is 0 Å². The summed E-state index contributed by atoms with van der Waals surface area (Å²) in [6, 6.07) is -2.46. The van der Waals surface area contributed by atoms with Gasteiger partial charge in [0.1, 0.15) is 6.04 Å². The average molecular weight is 254 g/mol. The lowest BCUT2D eigenvalue weighted by Crippen LogP contribution is -2.56. The average Bonchev–Trinajstić information content (AvgIpc) is 1.95. The molecule has 5 heteroatoms. The standard InChI is InChI=1S/C12H25F3N2/c1-8(2)6-17(7-9(3)4)11(10(5)16)12(13,14)15/h8-11H,6-7,16H2,1-5H3. The van der Waals surface area contributed by atoms with Gasteiger partial charge in [-0.1, -0.05) is 27.7 Å². The van der Waals surface area contributed by atoms with E-state index >= 15 is 0 Å². The minimum absolute atomic E-state index is 0.192. The quantitative estimate of drug-likeness (QED) is 0.789. The van der Waals surface area contributed by atoms with E-state index in [2.05, 4.69) is 0 Å². The second-order valence-corrected chi connectivity index (χ2v) is 5.59. The second-order valence-electron chi connectivity index (χ2n) is 5.59. The Morgan fingerprint density at radius 2 is 1.29 bits per heavy atom. The Morgan fingerprint density at radius 3 is 1.47 bits per heavy atom. The smallest absolute Gasteiger partial charge is 0.326 e. The van der Waals surface area contributed by atoms with Gasteiger partial charge < -0.3 is 5.73 Å². The summed E-state index contributed by atoms with van der Waals surface area (Å²) >= 11 is 0. The lowest BCUT2D eigenvalue weighted by atomic mass is 10.0. The normalized spacial score (nSPS) is 16.9. The molecule has 2 nitrogen and oxygen atoms in total. The molecule has 0 fully saturated rings. The molecule has 0 spiro atoms. The van der Waals surface area contributed by atoms with E-state index in [-0.39, 0.29) is 11.8 Å². The van der Waals surface area contributed by atoms with E-state index in [4.69, 9.17) is 5.73 Å². The van der Waals surface area contributed by atoms with Crippen LogP contribution in [0.3, 0.4) is 0 Å². The molecular weight excluding hydrogens is 229 g/mol. The number of rotatable bonds is 6. The highest BCUT2D eigenvalue weighted by atomic mass is 19.4. The van der Waals surface area contributed by atoms with Gasteiger partial charge in [0.25, 0.3) is 0 Å². The highest BCUT2D eigenvalue weighted by molar-refractivity contribution is 4.86. The van der Waals surface area contributed by atoms with Crippen LogP contribution in [-0.2, 0) is 0 Å². The van der Waals surface area contributed by atoms with Crippen molar-refractivity contribution >= 4 is 0 Å². The molecule has 0 radical (unpaired) electrons. The Labute approximate surface area is 102 Å². The lowest BCUT2D eigenvalue weighted by molar-refractivity contribution is -0.190. The predicted octanol–water partition coefficient (Wildman–Crippen LogP) is 2.88. The monoisotopic (exact) mass is 254 g/mol. The Bertz CT molecular complexity index is 202. The van der Waals surface area contributed by atoms with Crippen LogP contribution in [0.2, 0.25) is 0 Å². The fourth-order valence-corrected chi connectivity index (χ4v) is 2.08. The van der Waals surface area contributed by atoms with E-state index < -0.39 is 18.3 Å². The Balaban J connectivity index is 4.94. The summed E-state index contributed by atoms with van der Waals surface area (Å²) < 4.78 is 39.0. The Hall–Kier alpha value is -0.290. The maximum absolute atomic E-state index is 13.0. The zero-order valence-corrected chi connectivity index (χ0v) is 11.4. The van der Waals surface area contributed by atoms with Crippen molar-refractivity contribution < 1.29 is 13.2 Å². The number of hydrogen-bond acceptors (Lipinski definition) is 2. The van der Waals surface area contributed by atoms with Crippen LogP contribution in [0.15, 0.2) is 0 Å². The third-order valence-corrected chi connectivity index (χ3v) is 2.43.